The second-order valence-electron chi connectivity index (χ2n) is 4.01. The van der Waals surface area contributed by atoms with E-state index in [4.69, 9.17) is 34.8 Å². The van der Waals surface area contributed by atoms with E-state index >= 15 is 0 Å². The molecule has 0 aromatic carbocycles. The van der Waals surface area contributed by atoms with Crippen molar-refractivity contribution in [2.24, 2.45) is 0 Å². The molecule has 0 saturated carbocycles. The Hall–Kier alpha value is -0.720. The second-order valence-corrected chi connectivity index (χ2v) is 11.7. The number of fused-ring (bicyclic) bond motifs is 1. The molecule has 0 spiro atoms. The fourth-order valence-corrected chi connectivity index (χ4v) is 1.29. The zero-order valence-corrected chi connectivity index (χ0v) is 16.6. The number of aromatic nitrogens is 4. The lowest BCUT2D eigenvalue weighted by Crippen LogP contribution is -2.13. The third-order valence-corrected chi connectivity index (χ3v) is 1.96. The van der Waals surface area contributed by atoms with Gasteiger partial charge in [0, 0.05) is 0 Å². The van der Waals surface area contributed by atoms with E-state index in [1.807, 2.05) is 0 Å². The summed E-state index contributed by atoms with van der Waals surface area (Å²) < 4.78 is 25.0. The van der Waals surface area contributed by atoms with Gasteiger partial charge in [-0.1, -0.05) is 0 Å². The van der Waals surface area contributed by atoms with Gasteiger partial charge in [0.1, 0.15) is 6.73 Å². The van der Waals surface area contributed by atoms with E-state index in [1.54, 1.807) is 0 Å². The smallest absolute Gasteiger partial charge is 0.394 e. The van der Waals surface area contributed by atoms with Gasteiger partial charge in [-0.3, -0.25) is 18.9 Å². The van der Waals surface area contributed by atoms with E-state index < -0.39 is 13.0 Å². The van der Waals surface area contributed by atoms with Crippen molar-refractivity contribution >= 4 is 63.9 Å². The predicted molar refractivity (Wildman–Crippen MR) is 95.0 cm³/mol. The minimum absolute atomic E-state index is 0.0291. The van der Waals surface area contributed by atoms with Gasteiger partial charge >= 0.3 is 13.0 Å². The number of hydrogen-bond donors (Lipinski definition) is 6. The first kappa shape index (κ1) is 25.3. The lowest BCUT2D eigenvalue weighted by Gasteiger charge is -2.03. The number of hydrogen-bond acceptors (Lipinski definition) is 8. The number of H-pyrrole nitrogens is 1. The Morgan fingerprint density at radius 2 is 1.77 bits per heavy atom. The molecule has 0 radical (unpaired) electrons. The molecule has 2 heterocycles. The van der Waals surface area contributed by atoms with Crippen LogP contribution in [0.25, 0.3) is 11.2 Å². The van der Waals surface area contributed by atoms with Crippen LogP contribution < -0.4 is 11.3 Å². The van der Waals surface area contributed by atoms with Gasteiger partial charge < -0.3 is 30.3 Å². The first-order valence-corrected chi connectivity index (χ1v) is 12.1. The van der Waals surface area contributed by atoms with Gasteiger partial charge in [-0.05, 0) is 33.7 Å². The number of anilines is 1. The van der Waals surface area contributed by atoms with Crippen LogP contribution in [-0.4, -0.2) is 52.5 Å². The summed E-state index contributed by atoms with van der Waals surface area (Å²) >= 11 is 13.8. The minimum Gasteiger partial charge on any atom is -0.394 e. The van der Waals surface area contributed by atoms with E-state index in [9.17, 15) is 9.36 Å². The highest BCUT2D eigenvalue weighted by molar-refractivity contribution is 8.24. The molecule has 13 nitrogen and oxygen atoms in total. The first-order chi connectivity index (χ1) is 11.7. The summed E-state index contributed by atoms with van der Waals surface area (Å²) in [5.41, 5.74) is 5.60. The van der Waals surface area contributed by atoms with Crippen LogP contribution in [0.4, 0.5) is 5.95 Å². The highest BCUT2D eigenvalue weighted by atomic mass is 36.0. The maximum Gasteiger partial charge on any atom is 0.466 e. The van der Waals surface area contributed by atoms with Gasteiger partial charge in [-0.2, -0.15) is 4.98 Å². The standard InChI is InChI=1S/C8H11N5O3.Cl3OP.H3O4P/c9-8-11-6-5(7(15)12-8)10-3-13(6)4-16-2-1-14;2*1-5(2,3)4/h3,14H,1-2,4H2,(H3,9,11,12,15);;(H3,1,2,3,4). The molecule has 26 heavy (non-hydrogen) atoms. The Labute approximate surface area is 159 Å². The van der Waals surface area contributed by atoms with Crippen LogP contribution in [-0.2, 0) is 20.6 Å². The average molecular weight is 477 g/mol. The van der Waals surface area contributed by atoms with Gasteiger partial charge in [0.2, 0.25) is 5.95 Å². The van der Waals surface area contributed by atoms with Crippen LogP contribution in [0.5, 0.6) is 0 Å². The Bertz CT molecular complexity index is 811. The molecular formula is C8H14Cl3N5O8P2. The summed E-state index contributed by atoms with van der Waals surface area (Å²) in [6, 6.07) is 0. The third-order valence-electron chi connectivity index (χ3n) is 1.96. The molecule has 0 atom stereocenters. The van der Waals surface area contributed by atoms with Crippen LogP contribution in [0.3, 0.4) is 0 Å². The molecule has 0 unspecified atom stereocenters. The van der Waals surface area contributed by atoms with Crippen molar-refractivity contribution in [3.63, 3.8) is 0 Å². The number of halogens is 3. The summed E-state index contributed by atoms with van der Waals surface area (Å²) in [5.74, 6) is 0.0291. The zero-order valence-electron chi connectivity index (χ0n) is 12.6. The van der Waals surface area contributed by atoms with E-state index in [1.165, 1.54) is 10.9 Å². The molecule has 0 fully saturated rings. The Morgan fingerprint density at radius 3 is 2.23 bits per heavy atom. The van der Waals surface area contributed by atoms with Crippen LogP contribution in [0, 0.1) is 0 Å². The first-order valence-electron chi connectivity index (χ1n) is 6.09. The second kappa shape index (κ2) is 11.2. The number of aromatic amines is 1. The fraction of sp³-hybridized carbons (Fsp3) is 0.375. The fourth-order valence-electron chi connectivity index (χ4n) is 1.29. The molecule has 2 aromatic rings. The van der Waals surface area contributed by atoms with Crippen molar-refractivity contribution in [1.29, 1.82) is 0 Å². The van der Waals surface area contributed by atoms with E-state index in [0.29, 0.717) is 5.65 Å². The van der Waals surface area contributed by atoms with Crippen LogP contribution >= 0.6 is 46.7 Å². The number of phosphoric acid groups is 1. The maximum absolute atomic E-state index is 11.4. The van der Waals surface area contributed by atoms with Gasteiger partial charge in [-0.15, -0.1) is 0 Å². The zero-order chi connectivity index (χ0) is 20.5. The summed E-state index contributed by atoms with van der Waals surface area (Å²) in [4.78, 5) is 43.2. The van der Waals surface area contributed by atoms with Crippen LogP contribution in [0.1, 0.15) is 0 Å². The topological polar surface area (TPSA) is 214 Å². The predicted octanol–water partition coefficient (Wildman–Crippen LogP) is 0.550. The Morgan fingerprint density at radius 1 is 1.27 bits per heavy atom. The largest absolute Gasteiger partial charge is 0.466 e. The number of nitrogen functional groups attached to an aromatic ring is 1. The number of rotatable bonds is 4. The highest BCUT2D eigenvalue weighted by Crippen LogP contribution is 2.61. The van der Waals surface area contributed by atoms with Crippen molar-refractivity contribution in [1.82, 2.24) is 19.5 Å². The molecule has 150 valence electrons. The quantitative estimate of drug-likeness (QED) is 0.264. The number of imidazole rings is 1. The summed E-state index contributed by atoms with van der Waals surface area (Å²) in [5, 5.41) is 5.33. The summed E-state index contributed by atoms with van der Waals surface area (Å²) in [6.45, 7) is 0.300. The van der Waals surface area contributed by atoms with Gasteiger partial charge in [0.25, 0.3) is 5.56 Å². The van der Waals surface area contributed by atoms with Crippen molar-refractivity contribution in [2.75, 3.05) is 18.9 Å². The normalized spacial score (nSPS) is 11.3. The molecule has 2 rings (SSSR count). The average Bonchev–Trinajstić information content (AvgIpc) is 2.78. The molecule has 0 aliphatic rings. The van der Waals surface area contributed by atoms with E-state index in [-0.39, 0.29) is 37.0 Å². The molecule has 0 saturated heterocycles. The molecule has 0 amide bonds. The molecular weight excluding hydrogens is 462 g/mol. The Kier molecular flexibility index (Phi) is 10.9. The number of aliphatic hydroxyl groups excluding tert-OH is 1. The highest BCUT2D eigenvalue weighted by Gasteiger charge is 2.08. The molecule has 7 N–H and O–H groups in total. The maximum atomic E-state index is 11.4. The number of nitrogens with one attached hydrogen (secondary N) is 1. The molecule has 0 bridgehead atoms. The Balaban J connectivity index is 0.000000520. The van der Waals surface area contributed by atoms with Crippen molar-refractivity contribution in [2.45, 2.75) is 6.73 Å². The van der Waals surface area contributed by atoms with Crippen molar-refractivity contribution in [3.8, 4) is 0 Å². The van der Waals surface area contributed by atoms with Crippen molar-refractivity contribution in [3.05, 3.63) is 16.7 Å². The van der Waals surface area contributed by atoms with Crippen LogP contribution in [0.15, 0.2) is 11.1 Å². The number of ether oxygens (including phenoxy) is 1. The van der Waals surface area contributed by atoms with Gasteiger partial charge in [-0.25, -0.2) is 9.55 Å². The van der Waals surface area contributed by atoms with Crippen molar-refractivity contribution < 1.29 is 33.7 Å². The van der Waals surface area contributed by atoms with Gasteiger partial charge in [0.05, 0.1) is 19.5 Å². The van der Waals surface area contributed by atoms with E-state index in [0.717, 1.165) is 0 Å². The van der Waals surface area contributed by atoms with Crippen LogP contribution in [0.2, 0.25) is 0 Å². The molecule has 0 aliphatic heterocycles. The number of aliphatic hydroxyl groups is 1. The summed E-state index contributed by atoms with van der Waals surface area (Å²) in [7, 11) is -4.64. The lowest BCUT2D eigenvalue weighted by molar-refractivity contribution is 0.0499. The number of nitrogens with zero attached hydrogens (tertiary/aromatic N) is 3. The van der Waals surface area contributed by atoms with E-state index in [2.05, 4.69) is 48.7 Å². The molecule has 0 aliphatic carbocycles. The minimum atomic E-state index is -4.64. The summed E-state index contributed by atoms with van der Waals surface area (Å²) in [6.07, 6.45) is 1.43. The molecule has 2 aromatic heterocycles. The monoisotopic (exact) mass is 475 g/mol. The lowest BCUT2D eigenvalue weighted by atomic mass is 10.5. The SMILES string of the molecule is Nc1nc2c(ncn2COCCO)c(=O)[nH]1.O=P(Cl)(Cl)Cl.O=P(O)(O)O. The van der Waals surface area contributed by atoms with Gasteiger partial charge in [0.15, 0.2) is 11.2 Å². The third kappa shape index (κ3) is 13.5. The number of nitrogens with two attached hydrogens (primary N) is 1. The molecule has 18 heteroatoms.